The molecule has 3 rings (SSSR count). The van der Waals surface area contributed by atoms with Crippen molar-refractivity contribution in [2.24, 2.45) is 0 Å². The zero-order chi connectivity index (χ0) is 25.3. The van der Waals surface area contributed by atoms with Crippen LogP contribution < -0.4 is 0 Å². The highest BCUT2D eigenvalue weighted by atomic mass is 32.1. The third-order valence-corrected chi connectivity index (χ3v) is 6.62. The van der Waals surface area contributed by atoms with Crippen molar-refractivity contribution in [3.05, 3.63) is 81.2 Å². The molecule has 0 aliphatic heterocycles. The summed E-state index contributed by atoms with van der Waals surface area (Å²) >= 11 is 1.03. The predicted octanol–water partition coefficient (Wildman–Crippen LogP) is 5.81. The second-order valence-corrected chi connectivity index (χ2v) is 8.84. The molecule has 0 aliphatic rings. The molecule has 1 aromatic heterocycles. The van der Waals surface area contributed by atoms with Gasteiger partial charge in [0.05, 0.1) is 13.2 Å². The van der Waals surface area contributed by atoms with Gasteiger partial charge < -0.3 is 15.3 Å². The van der Waals surface area contributed by atoms with E-state index in [1.807, 2.05) is 0 Å². The van der Waals surface area contributed by atoms with Gasteiger partial charge in [0.2, 0.25) is 0 Å². The number of halogens is 6. The molecular formula is C24H22F6O3S. The van der Waals surface area contributed by atoms with Gasteiger partial charge in [0.15, 0.2) is 0 Å². The lowest BCUT2D eigenvalue weighted by Gasteiger charge is -2.32. The molecule has 34 heavy (non-hydrogen) atoms. The Labute approximate surface area is 195 Å². The van der Waals surface area contributed by atoms with Gasteiger partial charge in [-0.25, -0.2) is 0 Å². The Hall–Kier alpha value is -2.40. The molecule has 0 spiro atoms. The largest absolute Gasteiger partial charge is 0.459 e. The summed E-state index contributed by atoms with van der Waals surface area (Å²) in [6, 6.07) is 10.5. The predicted molar refractivity (Wildman–Crippen MR) is 116 cm³/mol. The monoisotopic (exact) mass is 504 g/mol. The van der Waals surface area contributed by atoms with Crippen LogP contribution in [0.5, 0.6) is 0 Å². The Morgan fingerprint density at radius 3 is 2.09 bits per heavy atom. The van der Waals surface area contributed by atoms with Crippen molar-refractivity contribution >= 4 is 11.3 Å². The number of thiophene rings is 1. The first-order valence-electron chi connectivity index (χ1n) is 10.2. The second kappa shape index (κ2) is 9.69. The number of alkyl halides is 6. The highest BCUT2D eigenvalue weighted by molar-refractivity contribution is 7.13. The van der Waals surface area contributed by atoms with E-state index in [1.54, 1.807) is 29.6 Å². The normalized spacial score (nSPS) is 14.3. The van der Waals surface area contributed by atoms with Crippen LogP contribution in [-0.2, 0) is 31.9 Å². The van der Waals surface area contributed by atoms with Crippen molar-refractivity contribution < 1.29 is 41.7 Å². The molecule has 10 heteroatoms. The van der Waals surface area contributed by atoms with Crippen molar-refractivity contribution in [3.63, 3.8) is 0 Å². The van der Waals surface area contributed by atoms with Gasteiger partial charge in [-0.15, -0.1) is 11.3 Å². The van der Waals surface area contributed by atoms with E-state index in [1.165, 1.54) is 12.1 Å². The highest BCUT2D eigenvalue weighted by Gasteiger charge is 2.72. The van der Waals surface area contributed by atoms with E-state index in [4.69, 9.17) is 0 Å². The van der Waals surface area contributed by atoms with Gasteiger partial charge in [0, 0.05) is 16.0 Å². The Kier molecular flexibility index (Phi) is 7.47. The van der Waals surface area contributed by atoms with E-state index in [0.717, 1.165) is 35.5 Å². The van der Waals surface area contributed by atoms with Crippen LogP contribution in [0.25, 0.3) is 10.4 Å². The van der Waals surface area contributed by atoms with Crippen LogP contribution in [0.1, 0.15) is 33.4 Å². The number of hydrogen-bond acceptors (Lipinski definition) is 4. The van der Waals surface area contributed by atoms with Gasteiger partial charge >= 0.3 is 18.0 Å². The van der Waals surface area contributed by atoms with Gasteiger partial charge in [0.25, 0.3) is 0 Å². The minimum absolute atomic E-state index is 0.211. The molecule has 0 bridgehead atoms. The maximum absolute atomic E-state index is 14.9. The first-order chi connectivity index (χ1) is 15.8. The Morgan fingerprint density at radius 1 is 0.824 bits per heavy atom. The quantitative estimate of drug-likeness (QED) is 0.340. The van der Waals surface area contributed by atoms with Crippen molar-refractivity contribution in [1.82, 2.24) is 0 Å². The summed E-state index contributed by atoms with van der Waals surface area (Å²) < 4.78 is 81.3. The molecule has 1 atom stereocenters. The number of hydrogen-bond donors (Lipinski definition) is 3. The highest BCUT2D eigenvalue weighted by Crippen LogP contribution is 2.52. The van der Waals surface area contributed by atoms with Gasteiger partial charge in [0.1, 0.15) is 0 Å². The lowest BCUT2D eigenvalue weighted by molar-refractivity contribution is -0.379. The summed E-state index contributed by atoms with van der Waals surface area (Å²) in [6.07, 6.45) is -5.30. The van der Waals surface area contributed by atoms with Crippen molar-refractivity contribution in [2.75, 3.05) is 0 Å². The first kappa shape index (κ1) is 26.2. The fourth-order valence-electron chi connectivity index (χ4n) is 3.73. The van der Waals surface area contributed by atoms with Crippen LogP contribution >= 0.6 is 11.3 Å². The molecule has 0 saturated heterocycles. The van der Waals surface area contributed by atoms with E-state index < -0.39 is 23.5 Å². The van der Waals surface area contributed by atoms with Gasteiger partial charge in [-0.05, 0) is 59.0 Å². The van der Waals surface area contributed by atoms with E-state index in [-0.39, 0.29) is 29.2 Å². The van der Waals surface area contributed by atoms with E-state index in [0.29, 0.717) is 24.0 Å². The van der Waals surface area contributed by atoms with E-state index in [9.17, 15) is 41.7 Å². The minimum atomic E-state index is -6.30. The number of aliphatic hydroxyl groups excluding tert-OH is 2. The van der Waals surface area contributed by atoms with Crippen molar-refractivity contribution in [2.45, 2.75) is 50.9 Å². The topological polar surface area (TPSA) is 60.7 Å². The summed E-state index contributed by atoms with van der Waals surface area (Å²) in [4.78, 5) is 0.231. The van der Waals surface area contributed by atoms with Gasteiger partial charge in [-0.2, -0.15) is 26.3 Å². The van der Waals surface area contributed by atoms with Gasteiger partial charge in [-0.3, -0.25) is 0 Å². The third-order valence-electron chi connectivity index (χ3n) is 5.61. The molecule has 1 heterocycles. The average Bonchev–Trinajstić information content (AvgIpc) is 3.25. The van der Waals surface area contributed by atoms with Crippen LogP contribution in [0.4, 0.5) is 26.3 Å². The molecule has 0 fully saturated rings. The van der Waals surface area contributed by atoms with Crippen LogP contribution in [0.2, 0.25) is 0 Å². The summed E-state index contributed by atoms with van der Waals surface area (Å²) in [7, 11) is 0. The number of aryl methyl sites for hydroxylation is 3. The van der Waals surface area contributed by atoms with E-state index >= 15 is 0 Å². The molecule has 3 nitrogen and oxygen atoms in total. The van der Waals surface area contributed by atoms with E-state index in [2.05, 4.69) is 0 Å². The minimum Gasteiger partial charge on any atom is -0.392 e. The standard InChI is InChI=1S/C24H22F6O3S/c1-14-3-2-4-19(21(14)22(25,33)23(26,27)24(28,29)30)20-10-16(13-34-20)6-5-15-7-8-17(11-31)18(9-15)12-32/h2-4,7-10,13,31-33H,5-6,11-12H2,1H3. The second-order valence-electron chi connectivity index (χ2n) is 7.93. The van der Waals surface area contributed by atoms with Crippen molar-refractivity contribution in [1.29, 1.82) is 0 Å². The van der Waals surface area contributed by atoms with Crippen LogP contribution in [0.15, 0.2) is 47.8 Å². The molecule has 0 amide bonds. The molecule has 2 aromatic carbocycles. The van der Waals surface area contributed by atoms with Crippen molar-refractivity contribution in [3.8, 4) is 10.4 Å². The average molecular weight is 504 g/mol. The fourth-order valence-corrected chi connectivity index (χ4v) is 4.71. The Morgan fingerprint density at radius 2 is 1.47 bits per heavy atom. The fraction of sp³-hybridized carbons (Fsp3) is 0.333. The van der Waals surface area contributed by atoms with Crippen LogP contribution in [0.3, 0.4) is 0 Å². The summed E-state index contributed by atoms with van der Waals surface area (Å²) in [6.45, 7) is 0.702. The molecule has 184 valence electrons. The molecule has 0 aliphatic carbocycles. The molecule has 3 aromatic rings. The summed E-state index contributed by atoms with van der Waals surface area (Å²) in [5, 5.41) is 30.2. The van der Waals surface area contributed by atoms with Crippen LogP contribution in [-0.4, -0.2) is 27.4 Å². The lowest BCUT2D eigenvalue weighted by atomic mass is 9.90. The third kappa shape index (κ3) is 4.86. The Balaban J connectivity index is 1.91. The number of aliphatic hydroxyl groups is 3. The lowest BCUT2D eigenvalue weighted by Crippen LogP contribution is -2.52. The van der Waals surface area contributed by atoms with Crippen LogP contribution in [0, 0.1) is 6.92 Å². The SMILES string of the molecule is Cc1cccc(-c2cc(CCc3ccc(CO)c(CO)c3)cs2)c1C(O)(F)C(F)(F)C(F)(F)F. The molecule has 0 radical (unpaired) electrons. The maximum Gasteiger partial charge on any atom is 0.459 e. The molecule has 0 saturated carbocycles. The number of rotatable bonds is 8. The molecular weight excluding hydrogens is 482 g/mol. The molecule has 3 N–H and O–H groups in total. The zero-order valence-corrected chi connectivity index (χ0v) is 18.8. The maximum atomic E-state index is 14.9. The Bertz CT molecular complexity index is 1150. The number of benzene rings is 2. The summed E-state index contributed by atoms with van der Waals surface area (Å²) in [5.74, 6) is -11.0. The first-order valence-corrected chi connectivity index (χ1v) is 11.1. The van der Waals surface area contributed by atoms with Gasteiger partial charge in [-0.1, -0.05) is 36.4 Å². The molecule has 1 unspecified atom stereocenters. The zero-order valence-electron chi connectivity index (χ0n) is 18.0. The smallest absolute Gasteiger partial charge is 0.392 e. The summed E-state index contributed by atoms with van der Waals surface area (Å²) in [5.41, 5.74) is 1.16.